The summed E-state index contributed by atoms with van der Waals surface area (Å²) in [5.41, 5.74) is 4.01. The number of ether oxygens (including phenoxy) is 1. The molecule has 0 bridgehead atoms. The van der Waals surface area contributed by atoms with Crippen LogP contribution in [0.2, 0.25) is 0 Å². The van der Waals surface area contributed by atoms with Gasteiger partial charge in [-0.05, 0) is 61.6 Å². The highest BCUT2D eigenvalue weighted by Crippen LogP contribution is 2.44. The number of amides is 1. The first-order valence-corrected chi connectivity index (χ1v) is 10.9. The second-order valence-corrected chi connectivity index (χ2v) is 10.3. The summed E-state index contributed by atoms with van der Waals surface area (Å²) < 4.78 is 5.18. The molecule has 8 nitrogen and oxygen atoms in total. The third-order valence-electron chi connectivity index (χ3n) is 5.96. The molecule has 2 aromatic rings. The minimum atomic E-state index is -2.03. The molecule has 0 fully saturated rings. The molecule has 8 heteroatoms. The van der Waals surface area contributed by atoms with Crippen LogP contribution < -0.4 is 10.5 Å². The van der Waals surface area contributed by atoms with Crippen LogP contribution in [0.5, 0.6) is 5.75 Å². The molecule has 0 saturated carbocycles. The lowest BCUT2D eigenvalue weighted by Gasteiger charge is -2.53. The summed E-state index contributed by atoms with van der Waals surface area (Å²) in [6.45, 7) is 9.89. The van der Waals surface area contributed by atoms with E-state index in [-0.39, 0.29) is 11.3 Å². The van der Waals surface area contributed by atoms with Gasteiger partial charge in [0, 0.05) is 11.2 Å². The molecule has 34 heavy (non-hydrogen) atoms. The lowest BCUT2D eigenvalue weighted by molar-refractivity contribution is -0.169. The van der Waals surface area contributed by atoms with Gasteiger partial charge in [0.1, 0.15) is 5.75 Å². The maximum atomic E-state index is 13.9. The van der Waals surface area contributed by atoms with Crippen molar-refractivity contribution < 1.29 is 29.3 Å². The quantitative estimate of drug-likeness (QED) is 0.507. The number of hydrogen-bond donors (Lipinski definition) is 3. The van der Waals surface area contributed by atoms with Crippen molar-refractivity contribution in [1.29, 1.82) is 0 Å². The Morgan fingerprint density at radius 3 is 1.82 bits per heavy atom. The molecule has 2 rings (SSSR count). The Labute approximate surface area is 200 Å². The monoisotopic (exact) mass is 470 g/mol. The molecular weight excluding hydrogens is 436 g/mol. The van der Waals surface area contributed by atoms with Crippen LogP contribution in [0.15, 0.2) is 42.5 Å². The Morgan fingerprint density at radius 1 is 0.912 bits per heavy atom. The molecule has 0 saturated heterocycles. The number of nitrogen functional groups attached to an aromatic ring is 1. The largest absolute Gasteiger partial charge is 0.497 e. The lowest BCUT2D eigenvalue weighted by Crippen LogP contribution is -2.69. The van der Waals surface area contributed by atoms with E-state index in [0.717, 1.165) is 16.0 Å². The van der Waals surface area contributed by atoms with Crippen molar-refractivity contribution in [3.8, 4) is 16.9 Å². The van der Waals surface area contributed by atoms with E-state index in [4.69, 9.17) is 10.5 Å². The van der Waals surface area contributed by atoms with Gasteiger partial charge in [0.15, 0.2) is 5.54 Å². The molecular formula is C26H34N2O6. The highest BCUT2D eigenvalue weighted by Gasteiger charge is 2.59. The average molecular weight is 471 g/mol. The predicted molar refractivity (Wildman–Crippen MR) is 131 cm³/mol. The van der Waals surface area contributed by atoms with Gasteiger partial charge >= 0.3 is 11.9 Å². The number of methoxy groups -OCH3 is 1. The molecule has 1 amide bonds. The Morgan fingerprint density at radius 2 is 1.44 bits per heavy atom. The molecule has 184 valence electrons. The van der Waals surface area contributed by atoms with E-state index in [1.165, 1.54) is 0 Å². The zero-order valence-electron chi connectivity index (χ0n) is 20.8. The van der Waals surface area contributed by atoms with Crippen LogP contribution in [0.25, 0.3) is 11.1 Å². The first-order valence-electron chi connectivity index (χ1n) is 10.9. The fourth-order valence-electron chi connectivity index (χ4n) is 4.28. The number of benzene rings is 2. The SMILES string of the molecule is COc1ccc(-c2ccc(C(=O)N(C(C)(C)C)[C@@](CC(=O)O)(C(=O)O)C(C)(C)C)c(N)c2)cc1. The summed E-state index contributed by atoms with van der Waals surface area (Å²) in [4.78, 5) is 39.6. The topological polar surface area (TPSA) is 130 Å². The van der Waals surface area contributed by atoms with E-state index in [2.05, 4.69) is 0 Å². The van der Waals surface area contributed by atoms with E-state index in [1.807, 2.05) is 24.3 Å². The fourth-order valence-corrected chi connectivity index (χ4v) is 4.28. The maximum absolute atomic E-state index is 13.9. The van der Waals surface area contributed by atoms with E-state index in [0.29, 0.717) is 5.75 Å². The average Bonchev–Trinajstić information content (AvgIpc) is 2.70. The van der Waals surface area contributed by atoms with Crippen LogP contribution in [0.4, 0.5) is 5.69 Å². The van der Waals surface area contributed by atoms with E-state index in [9.17, 15) is 24.6 Å². The normalized spacial score (nSPS) is 13.6. The Bertz CT molecular complexity index is 1080. The number of rotatable bonds is 7. The van der Waals surface area contributed by atoms with Gasteiger partial charge in [0.2, 0.25) is 0 Å². The molecule has 2 aromatic carbocycles. The molecule has 0 aliphatic heterocycles. The molecule has 0 heterocycles. The molecule has 0 spiro atoms. The first kappa shape index (κ1) is 26.7. The Balaban J connectivity index is 2.67. The number of carbonyl (C=O) groups is 3. The summed E-state index contributed by atoms with van der Waals surface area (Å²) >= 11 is 0. The minimum absolute atomic E-state index is 0.104. The van der Waals surface area contributed by atoms with Crippen LogP contribution >= 0.6 is 0 Å². The van der Waals surface area contributed by atoms with Gasteiger partial charge in [-0.25, -0.2) is 4.79 Å². The molecule has 0 radical (unpaired) electrons. The Kier molecular flexibility index (Phi) is 7.35. The van der Waals surface area contributed by atoms with Crippen LogP contribution in [0, 0.1) is 5.41 Å². The number of nitrogens with zero attached hydrogens (tertiary/aromatic N) is 1. The summed E-state index contributed by atoms with van der Waals surface area (Å²) in [6.07, 6.45) is -0.765. The molecule has 0 unspecified atom stereocenters. The summed E-state index contributed by atoms with van der Waals surface area (Å²) in [5.74, 6) is -2.65. The molecule has 0 aromatic heterocycles. The number of hydrogen-bond acceptors (Lipinski definition) is 5. The lowest BCUT2D eigenvalue weighted by atomic mass is 9.68. The van der Waals surface area contributed by atoms with Gasteiger partial charge in [-0.15, -0.1) is 0 Å². The third-order valence-corrected chi connectivity index (χ3v) is 5.96. The number of carboxylic acids is 2. The molecule has 0 aliphatic carbocycles. The highest BCUT2D eigenvalue weighted by atomic mass is 16.5. The second kappa shape index (κ2) is 9.37. The zero-order chi connectivity index (χ0) is 26.1. The van der Waals surface area contributed by atoms with E-state index in [1.54, 1.807) is 66.9 Å². The third kappa shape index (κ3) is 5.00. The summed E-state index contributed by atoms with van der Waals surface area (Å²) in [7, 11) is 1.58. The van der Waals surface area contributed by atoms with Crippen molar-refractivity contribution >= 4 is 23.5 Å². The van der Waals surface area contributed by atoms with Gasteiger partial charge in [-0.3, -0.25) is 9.59 Å². The van der Waals surface area contributed by atoms with Crippen molar-refractivity contribution in [2.24, 2.45) is 5.41 Å². The van der Waals surface area contributed by atoms with Gasteiger partial charge in [-0.1, -0.05) is 39.0 Å². The maximum Gasteiger partial charge on any atom is 0.330 e. The van der Waals surface area contributed by atoms with E-state index >= 15 is 0 Å². The number of nitrogens with two attached hydrogens (primary N) is 1. The highest BCUT2D eigenvalue weighted by molar-refractivity contribution is 6.04. The number of anilines is 1. The van der Waals surface area contributed by atoms with Crippen molar-refractivity contribution in [1.82, 2.24) is 4.90 Å². The number of aliphatic carboxylic acids is 2. The predicted octanol–water partition coefficient (Wildman–Crippen LogP) is 4.53. The van der Waals surface area contributed by atoms with Crippen molar-refractivity contribution in [2.75, 3.05) is 12.8 Å². The summed E-state index contributed by atoms with van der Waals surface area (Å²) in [6, 6.07) is 12.3. The van der Waals surface area contributed by atoms with Crippen molar-refractivity contribution in [3.05, 3.63) is 48.0 Å². The van der Waals surface area contributed by atoms with Crippen molar-refractivity contribution in [3.63, 3.8) is 0 Å². The Hall–Kier alpha value is -3.55. The standard InChI is InChI=1S/C26H34N2O6/c1-24(2,3)26(23(32)33,15-21(29)30)28(25(4,5)6)22(31)19-13-10-17(14-20(19)27)16-8-11-18(34-7)12-9-16/h8-14H,15,27H2,1-7H3,(H,29,30)(H,32,33)/t26-/m0/s1. The second-order valence-electron chi connectivity index (χ2n) is 10.3. The van der Waals surface area contributed by atoms with Gasteiger partial charge in [0.25, 0.3) is 5.91 Å². The number of carbonyl (C=O) groups excluding carboxylic acids is 1. The first-order chi connectivity index (χ1) is 15.6. The van der Waals surface area contributed by atoms with Crippen LogP contribution in [0.1, 0.15) is 58.3 Å². The molecule has 4 N–H and O–H groups in total. The van der Waals surface area contributed by atoms with Gasteiger partial charge in [0.05, 0.1) is 19.1 Å². The van der Waals surface area contributed by atoms with Gasteiger partial charge < -0.3 is 25.6 Å². The van der Waals surface area contributed by atoms with Crippen LogP contribution in [-0.4, -0.2) is 51.1 Å². The van der Waals surface area contributed by atoms with E-state index < -0.39 is 40.8 Å². The minimum Gasteiger partial charge on any atom is -0.497 e. The molecule has 0 aliphatic rings. The zero-order valence-corrected chi connectivity index (χ0v) is 20.8. The fraction of sp³-hybridized carbons (Fsp3) is 0.423. The van der Waals surface area contributed by atoms with Crippen LogP contribution in [0.3, 0.4) is 0 Å². The number of carboxylic acid groups (broad SMARTS) is 2. The van der Waals surface area contributed by atoms with Crippen LogP contribution in [-0.2, 0) is 9.59 Å². The smallest absolute Gasteiger partial charge is 0.330 e. The molecule has 1 atom stereocenters. The van der Waals surface area contributed by atoms with Crippen molar-refractivity contribution in [2.45, 2.75) is 59.0 Å². The van der Waals surface area contributed by atoms with Gasteiger partial charge in [-0.2, -0.15) is 0 Å². The summed E-state index contributed by atoms with van der Waals surface area (Å²) in [5, 5.41) is 20.0.